The van der Waals surface area contributed by atoms with Crippen LogP contribution in [-0.4, -0.2) is 33.9 Å². The standard InChI is InChI=1S/C19H16ClN3O2/c20-14-5-6-17-13(11-14)12-23(9-10-25-17)19(24)16-4-2-1-3-15(16)18-21-7-8-22-18/h1-8,11H,9-10,12H2,(H,21,22). The maximum atomic E-state index is 13.2. The largest absolute Gasteiger partial charge is 0.491 e. The highest BCUT2D eigenvalue weighted by Gasteiger charge is 2.23. The van der Waals surface area contributed by atoms with E-state index in [2.05, 4.69) is 9.97 Å². The van der Waals surface area contributed by atoms with Gasteiger partial charge in [-0.05, 0) is 24.3 Å². The highest BCUT2D eigenvalue weighted by Crippen LogP contribution is 2.28. The molecule has 0 saturated carbocycles. The molecule has 3 aromatic rings. The van der Waals surface area contributed by atoms with E-state index >= 15 is 0 Å². The second-order valence-corrected chi connectivity index (χ2v) is 6.25. The fraction of sp³-hybridized carbons (Fsp3) is 0.158. The summed E-state index contributed by atoms with van der Waals surface area (Å²) in [5, 5.41) is 0.632. The molecule has 25 heavy (non-hydrogen) atoms. The number of imidazole rings is 1. The number of nitrogens with zero attached hydrogens (tertiary/aromatic N) is 2. The molecule has 1 aliphatic heterocycles. The van der Waals surface area contributed by atoms with Gasteiger partial charge < -0.3 is 14.6 Å². The number of carbonyl (C=O) groups is 1. The maximum absolute atomic E-state index is 13.2. The van der Waals surface area contributed by atoms with E-state index < -0.39 is 0 Å². The first-order chi connectivity index (χ1) is 12.2. The van der Waals surface area contributed by atoms with Crippen LogP contribution in [0, 0.1) is 0 Å². The lowest BCUT2D eigenvalue weighted by molar-refractivity contribution is 0.0734. The predicted molar refractivity (Wildman–Crippen MR) is 95.7 cm³/mol. The van der Waals surface area contributed by atoms with Gasteiger partial charge in [-0.2, -0.15) is 0 Å². The summed E-state index contributed by atoms with van der Waals surface area (Å²) in [5.74, 6) is 1.40. The fourth-order valence-electron chi connectivity index (χ4n) is 3.00. The van der Waals surface area contributed by atoms with E-state index in [1.165, 1.54) is 0 Å². The number of halogens is 1. The molecule has 1 N–H and O–H groups in total. The first kappa shape index (κ1) is 15.7. The van der Waals surface area contributed by atoms with Crippen molar-refractivity contribution in [2.24, 2.45) is 0 Å². The van der Waals surface area contributed by atoms with Crippen molar-refractivity contribution in [3.8, 4) is 17.1 Å². The summed E-state index contributed by atoms with van der Waals surface area (Å²) in [6, 6.07) is 13.0. The minimum absolute atomic E-state index is 0.0524. The van der Waals surface area contributed by atoms with Gasteiger partial charge in [0, 0.05) is 35.1 Å². The second-order valence-electron chi connectivity index (χ2n) is 5.81. The molecule has 0 atom stereocenters. The number of nitrogens with one attached hydrogen (secondary N) is 1. The average Bonchev–Trinajstić information content (AvgIpc) is 3.08. The van der Waals surface area contributed by atoms with Crippen LogP contribution in [0.2, 0.25) is 5.02 Å². The van der Waals surface area contributed by atoms with Crippen LogP contribution in [-0.2, 0) is 6.54 Å². The fourth-order valence-corrected chi connectivity index (χ4v) is 3.19. The number of aromatic amines is 1. The summed E-state index contributed by atoms with van der Waals surface area (Å²) in [6.45, 7) is 1.42. The number of carbonyl (C=O) groups excluding carboxylic acids is 1. The van der Waals surface area contributed by atoms with Gasteiger partial charge >= 0.3 is 0 Å². The van der Waals surface area contributed by atoms with Gasteiger partial charge in [-0.15, -0.1) is 0 Å². The van der Waals surface area contributed by atoms with Crippen molar-refractivity contribution >= 4 is 17.5 Å². The van der Waals surface area contributed by atoms with Crippen molar-refractivity contribution in [2.45, 2.75) is 6.54 Å². The zero-order valence-electron chi connectivity index (χ0n) is 13.4. The zero-order valence-corrected chi connectivity index (χ0v) is 14.2. The SMILES string of the molecule is O=C(c1ccccc1-c1ncc[nH]1)N1CCOc2ccc(Cl)cc2C1. The summed E-state index contributed by atoms with van der Waals surface area (Å²) >= 11 is 6.10. The molecule has 1 aliphatic rings. The highest BCUT2D eigenvalue weighted by molar-refractivity contribution is 6.30. The third-order valence-corrected chi connectivity index (χ3v) is 4.44. The lowest BCUT2D eigenvalue weighted by atomic mass is 10.1. The second kappa shape index (κ2) is 6.61. The van der Waals surface area contributed by atoms with E-state index in [0.717, 1.165) is 16.9 Å². The Morgan fingerprint density at radius 3 is 2.96 bits per heavy atom. The van der Waals surface area contributed by atoms with Crippen molar-refractivity contribution in [3.63, 3.8) is 0 Å². The van der Waals surface area contributed by atoms with E-state index in [1.54, 1.807) is 23.4 Å². The van der Waals surface area contributed by atoms with E-state index in [1.807, 2.05) is 36.4 Å². The summed E-state index contributed by atoms with van der Waals surface area (Å²) in [4.78, 5) is 22.3. The van der Waals surface area contributed by atoms with Gasteiger partial charge in [0.25, 0.3) is 5.91 Å². The van der Waals surface area contributed by atoms with Gasteiger partial charge in [-0.25, -0.2) is 4.98 Å². The third-order valence-electron chi connectivity index (χ3n) is 4.20. The molecular formula is C19H16ClN3O2. The Hall–Kier alpha value is -2.79. The predicted octanol–water partition coefficient (Wildman–Crippen LogP) is 3.76. The van der Waals surface area contributed by atoms with Crippen molar-refractivity contribution in [3.05, 3.63) is 71.0 Å². The number of H-pyrrole nitrogens is 1. The number of aromatic nitrogens is 2. The van der Waals surface area contributed by atoms with Gasteiger partial charge in [0.2, 0.25) is 0 Å². The van der Waals surface area contributed by atoms with Crippen LogP contribution < -0.4 is 4.74 Å². The van der Waals surface area contributed by atoms with Crippen molar-refractivity contribution in [1.29, 1.82) is 0 Å². The Kier molecular flexibility index (Phi) is 4.15. The number of ether oxygens (including phenoxy) is 1. The van der Waals surface area contributed by atoms with Crippen LogP contribution in [0.1, 0.15) is 15.9 Å². The minimum Gasteiger partial charge on any atom is -0.491 e. The van der Waals surface area contributed by atoms with Crippen LogP contribution in [0.3, 0.4) is 0 Å². The molecule has 2 heterocycles. The van der Waals surface area contributed by atoms with Crippen molar-refractivity contribution < 1.29 is 9.53 Å². The maximum Gasteiger partial charge on any atom is 0.255 e. The number of benzene rings is 2. The highest BCUT2D eigenvalue weighted by atomic mass is 35.5. The van der Waals surface area contributed by atoms with Crippen LogP contribution in [0.15, 0.2) is 54.9 Å². The van der Waals surface area contributed by atoms with Crippen molar-refractivity contribution in [2.75, 3.05) is 13.2 Å². The molecule has 5 nitrogen and oxygen atoms in total. The quantitative estimate of drug-likeness (QED) is 0.763. The van der Waals surface area contributed by atoms with Crippen molar-refractivity contribution in [1.82, 2.24) is 14.9 Å². The molecule has 0 unspecified atom stereocenters. The number of rotatable bonds is 2. The van der Waals surface area contributed by atoms with Crippen LogP contribution in [0.5, 0.6) is 5.75 Å². The zero-order chi connectivity index (χ0) is 17.2. The summed E-state index contributed by atoms with van der Waals surface area (Å²) in [7, 11) is 0. The Morgan fingerprint density at radius 2 is 2.12 bits per heavy atom. The minimum atomic E-state index is -0.0524. The smallest absolute Gasteiger partial charge is 0.255 e. The molecule has 0 spiro atoms. The van der Waals surface area contributed by atoms with E-state index in [9.17, 15) is 4.79 Å². The lowest BCUT2D eigenvalue weighted by Gasteiger charge is -2.21. The Morgan fingerprint density at radius 1 is 1.24 bits per heavy atom. The molecule has 6 heteroatoms. The topological polar surface area (TPSA) is 58.2 Å². The van der Waals surface area contributed by atoms with E-state index in [4.69, 9.17) is 16.3 Å². The van der Waals surface area contributed by atoms with Gasteiger partial charge in [0.15, 0.2) is 0 Å². The molecule has 0 radical (unpaired) electrons. The number of fused-ring (bicyclic) bond motifs is 1. The summed E-state index contributed by atoms with van der Waals surface area (Å²) < 4.78 is 5.75. The third kappa shape index (κ3) is 3.10. The molecule has 0 fully saturated rings. The van der Waals surface area contributed by atoms with Gasteiger partial charge in [-0.3, -0.25) is 4.79 Å². The van der Waals surface area contributed by atoms with Crippen LogP contribution in [0.4, 0.5) is 0 Å². The molecule has 1 aromatic heterocycles. The average molecular weight is 354 g/mol. The molecule has 0 aliphatic carbocycles. The van der Waals surface area contributed by atoms with Gasteiger partial charge in [-0.1, -0.05) is 29.8 Å². The number of hydrogen-bond donors (Lipinski definition) is 1. The Labute approximate surface area is 150 Å². The molecular weight excluding hydrogens is 338 g/mol. The van der Waals surface area contributed by atoms with Crippen LogP contribution in [0.25, 0.3) is 11.4 Å². The van der Waals surface area contributed by atoms with E-state index in [0.29, 0.717) is 36.1 Å². The number of amides is 1. The van der Waals surface area contributed by atoms with Gasteiger partial charge in [0.05, 0.1) is 12.1 Å². The lowest BCUT2D eigenvalue weighted by Crippen LogP contribution is -2.32. The Bertz CT molecular complexity index is 909. The molecule has 126 valence electrons. The molecule has 2 aromatic carbocycles. The molecule has 1 amide bonds. The van der Waals surface area contributed by atoms with Gasteiger partial charge in [0.1, 0.15) is 18.2 Å². The monoisotopic (exact) mass is 353 g/mol. The summed E-state index contributed by atoms with van der Waals surface area (Å²) in [6.07, 6.45) is 3.42. The first-order valence-electron chi connectivity index (χ1n) is 8.01. The Balaban J connectivity index is 1.68. The summed E-state index contributed by atoms with van der Waals surface area (Å²) in [5.41, 5.74) is 2.31. The molecule has 0 bridgehead atoms. The number of hydrogen-bond acceptors (Lipinski definition) is 3. The van der Waals surface area contributed by atoms with E-state index in [-0.39, 0.29) is 5.91 Å². The molecule has 0 saturated heterocycles. The first-order valence-corrected chi connectivity index (χ1v) is 8.39. The normalized spacial score (nSPS) is 13.7. The van der Waals surface area contributed by atoms with Crippen LogP contribution >= 0.6 is 11.6 Å². The molecule has 4 rings (SSSR count).